The van der Waals surface area contributed by atoms with E-state index in [1.54, 1.807) is 0 Å². The first kappa shape index (κ1) is 11.4. The number of carbonyl (C=O) groups is 1. The highest BCUT2D eigenvalue weighted by Crippen LogP contribution is 2.45. The molecule has 0 aliphatic heterocycles. The lowest BCUT2D eigenvalue weighted by molar-refractivity contribution is 0.236. The molecule has 0 aromatic heterocycles. The van der Waals surface area contributed by atoms with Crippen LogP contribution in [0.4, 0.5) is 4.79 Å². The second-order valence-corrected chi connectivity index (χ2v) is 5.08. The maximum absolute atomic E-state index is 10.7. The lowest BCUT2D eigenvalue weighted by Crippen LogP contribution is -2.38. The molecule has 0 heterocycles. The summed E-state index contributed by atoms with van der Waals surface area (Å²) in [7, 11) is 0. The first-order valence-electron chi connectivity index (χ1n) is 6.35. The Morgan fingerprint density at radius 3 is 2.38 bits per heavy atom. The highest BCUT2D eigenvalue weighted by atomic mass is 16.2. The summed E-state index contributed by atoms with van der Waals surface area (Å²) < 4.78 is 0. The van der Waals surface area contributed by atoms with Gasteiger partial charge in [-0.05, 0) is 32.1 Å². The largest absolute Gasteiger partial charge is 0.350 e. The predicted octanol–water partition coefficient (Wildman–Crippen LogP) is 2.54. The zero-order valence-corrected chi connectivity index (χ0v) is 9.80. The highest BCUT2D eigenvalue weighted by molar-refractivity contribution is 5.91. The summed E-state index contributed by atoms with van der Waals surface area (Å²) in [5.41, 5.74) is 8.97. The van der Waals surface area contributed by atoms with Gasteiger partial charge in [0.2, 0.25) is 0 Å². The molecule has 0 bridgehead atoms. The van der Waals surface area contributed by atoms with Gasteiger partial charge in [0.25, 0.3) is 0 Å². The number of rotatable bonds is 1. The molecule has 4 nitrogen and oxygen atoms in total. The lowest BCUT2D eigenvalue weighted by Gasteiger charge is -2.41. The van der Waals surface area contributed by atoms with E-state index in [-0.39, 0.29) is 0 Å². The molecule has 16 heavy (non-hydrogen) atoms. The Bertz CT molecular complexity index is 284. The van der Waals surface area contributed by atoms with Crippen LogP contribution in [0.15, 0.2) is 5.10 Å². The number of hydrazone groups is 1. The fourth-order valence-electron chi connectivity index (χ4n) is 3.23. The van der Waals surface area contributed by atoms with E-state index in [0.717, 1.165) is 6.42 Å². The third-order valence-corrected chi connectivity index (χ3v) is 4.04. The normalized spacial score (nSPS) is 26.9. The van der Waals surface area contributed by atoms with E-state index < -0.39 is 6.03 Å². The standard InChI is InChI=1S/C12H21N3O/c13-11(16)15-14-10-6-2-5-9-12(10)7-3-1-4-8-12/h1-9H2,(H3,13,15,16). The van der Waals surface area contributed by atoms with Gasteiger partial charge in [0.15, 0.2) is 0 Å². The lowest BCUT2D eigenvalue weighted by atomic mass is 9.64. The Morgan fingerprint density at radius 2 is 1.75 bits per heavy atom. The van der Waals surface area contributed by atoms with Crippen molar-refractivity contribution >= 4 is 11.7 Å². The molecule has 4 heteroatoms. The van der Waals surface area contributed by atoms with Crippen LogP contribution < -0.4 is 11.2 Å². The number of nitrogens with zero attached hydrogens (tertiary/aromatic N) is 1. The van der Waals surface area contributed by atoms with Crippen LogP contribution in [-0.4, -0.2) is 11.7 Å². The van der Waals surface area contributed by atoms with E-state index in [1.807, 2.05) is 0 Å². The van der Waals surface area contributed by atoms with Crippen molar-refractivity contribution in [1.29, 1.82) is 0 Å². The zero-order chi connectivity index (χ0) is 11.4. The Labute approximate surface area is 96.7 Å². The van der Waals surface area contributed by atoms with E-state index in [1.165, 1.54) is 57.1 Å². The van der Waals surface area contributed by atoms with Gasteiger partial charge in [-0.15, -0.1) is 0 Å². The van der Waals surface area contributed by atoms with Gasteiger partial charge < -0.3 is 5.73 Å². The molecule has 0 saturated heterocycles. The number of primary amides is 1. The third kappa shape index (κ3) is 2.36. The van der Waals surface area contributed by atoms with Gasteiger partial charge in [-0.25, -0.2) is 10.2 Å². The molecule has 0 unspecified atom stereocenters. The van der Waals surface area contributed by atoms with Crippen LogP contribution in [0.1, 0.15) is 57.8 Å². The summed E-state index contributed by atoms with van der Waals surface area (Å²) in [6.45, 7) is 0. The SMILES string of the molecule is NC(=O)NN=C1CCCCC12CCCCC2. The molecule has 2 saturated carbocycles. The van der Waals surface area contributed by atoms with Crippen molar-refractivity contribution in [2.24, 2.45) is 16.3 Å². The van der Waals surface area contributed by atoms with Crippen molar-refractivity contribution < 1.29 is 4.79 Å². The maximum atomic E-state index is 10.7. The fraction of sp³-hybridized carbons (Fsp3) is 0.833. The van der Waals surface area contributed by atoms with Gasteiger partial charge in [0.1, 0.15) is 0 Å². The second kappa shape index (κ2) is 4.85. The molecule has 0 radical (unpaired) electrons. The molecule has 2 amide bonds. The van der Waals surface area contributed by atoms with Crippen molar-refractivity contribution in [3.05, 3.63) is 0 Å². The van der Waals surface area contributed by atoms with Gasteiger partial charge >= 0.3 is 6.03 Å². The van der Waals surface area contributed by atoms with Crippen molar-refractivity contribution in [1.82, 2.24) is 5.43 Å². The summed E-state index contributed by atoms with van der Waals surface area (Å²) in [6, 6.07) is -0.552. The van der Waals surface area contributed by atoms with Crippen LogP contribution in [0.3, 0.4) is 0 Å². The minimum atomic E-state index is -0.552. The summed E-state index contributed by atoms with van der Waals surface area (Å²) >= 11 is 0. The van der Waals surface area contributed by atoms with E-state index >= 15 is 0 Å². The molecule has 2 rings (SSSR count). The fourth-order valence-corrected chi connectivity index (χ4v) is 3.23. The molecule has 0 aromatic rings. The van der Waals surface area contributed by atoms with Gasteiger partial charge in [-0.3, -0.25) is 0 Å². The Morgan fingerprint density at radius 1 is 1.12 bits per heavy atom. The van der Waals surface area contributed by atoms with Crippen LogP contribution in [0.25, 0.3) is 0 Å². The summed E-state index contributed by atoms with van der Waals surface area (Å²) in [4.78, 5) is 10.7. The number of hydrogen-bond acceptors (Lipinski definition) is 2. The number of amides is 2. The van der Waals surface area contributed by atoms with Crippen molar-refractivity contribution in [3.63, 3.8) is 0 Å². The van der Waals surface area contributed by atoms with Gasteiger partial charge in [-0.1, -0.05) is 25.7 Å². The van der Waals surface area contributed by atoms with Crippen LogP contribution in [0.2, 0.25) is 0 Å². The number of nitrogens with one attached hydrogen (secondary N) is 1. The third-order valence-electron chi connectivity index (χ3n) is 4.04. The minimum absolute atomic E-state index is 0.291. The molecule has 0 atom stereocenters. The van der Waals surface area contributed by atoms with Gasteiger partial charge in [0, 0.05) is 11.1 Å². The molecule has 2 aliphatic carbocycles. The Kier molecular flexibility index (Phi) is 3.46. The van der Waals surface area contributed by atoms with E-state index in [4.69, 9.17) is 5.73 Å². The molecule has 2 aliphatic rings. The molecule has 2 fully saturated rings. The first-order valence-corrected chi connectivity index (χ1v) is 6.35. The predicted molar refractivity (Wildman–Crippen MR) is 64.1 cm³/mol. The van der Waals surface area contributed by atoms with Crippen LogP contribution >= 0.6 is 0 Å². The monoisotopic (exact) mass is 223 g/mol. The number of urea groups is 1. The summed E-state index contributed by atoms with van der Waals surface area (Å²) in [5, 5.41) is 4.25. The molecule has 0 aromatic carbocycles. The second-order valence-electron chi connectivity index (χ2n) is 5.08. The maximum Gasteiger partial charge on any atom is 0.332 e. The van der Waals surface area contributed by atoms with E-state index in [2.05, 4.69) is 10.5 Å². The van der Waals surface area contributed by atoms with Crippen LogP contribution in [0.5, 0.6) is 0 Å². The average Bonchev–Trinajstić information content (AvgIpc) is 2.29. The Hall–Kier alpha value is -1.06. The van der Waals surface area contributed by atoms with Crippen molar-refractivity contribution in [2.45, 2.75) is 57.8 Å². The van der Waals surface area contributed by atoms with Crippen LogP contribution in [-0.2, 0) is 0 Å². The highest BCUT2D eigenvalue weighted by Gasteiger charge is 2.38. The molecule has 90 valence electrons. The Balaban J connectivity index is 2.12. The molecular weight excluding hydrogens is 202 g/mol. The molecule has 1 spiro atoms. The smallest absolute Gasteiger partial charge is 0.332 e. The topological polar surface area (TPSA) is 67.5 Å². The number of nitrogens with two attached hydrogens (primary N) is 1. The van der Waals surface area contributed by atoms with Gasteiger partial charge in [-0.2, -0.15) is 5.10 Å². The minimum Gasteiger partial charge on any atom is -0.350 e. The van der Waals surface area contributed by atoms with Crippen molar-refractivity contribution in [3.8, 4) is 0 Å². The van der Waals surface area contributed by atoms with E-state index in [9.17, 15) is 4.79 Å². The average molecular weight is 223 g/mol. The van der Waals surface area contributed by atoms with Gasteiger partial charge in [0.05, 0.1) is 0 Å². The zero-order valence-electron chi connectivity index (χ0n) is 9.80. The number of hydrogen-bond donors (Lipinski definition) is 2. The quantitative estimate of drug-likeness (QED) is 0.659. The summed E-state index contributed by atoms with van der Waals surface area (Å²) in [5.74, 6) is 0. The summed E-state index contributed by atoms with van der Waals surface area (Å²) in [6.07, 6.45) is 11.2. The molecule has 3 N–H and O–H groups in total. The van der Waals surface area contributed by atoms with Crippen molar-refractivity contribution in [2.75, 3.05) is 0 Å². The van der Waals surface area contributed by atoms with E-state index in [0.29, 0.717) is 5.41 Å². The van der Waals surface area contributed by atoms with Crippen LogP contribution in [0, 0.1) is 5.41 Å². The number of carbonyl (C=O) groups excluding carboxylic acids is 1. The molecular formula is C12H21N3O. The first-order chi connectivity index (χ1) is 7.73.